The molecule has 2 rings (SSSR count). The predicted molar refractivity (Wildman–Crippen MR) is 55.2 cm³/mol. The largest absolute Gasteiger partial charge is 0.497 e. The summed E-state index contributed by atoms with van der Waals surface area (Å²) in [6.45, 7) is 0.474. The number of halogens is 1. The first-order valence-corrected chi connectivity index (χ1v) is 6.61. The van der Waals surface area contributed by atoms with Crippen LogP contribution in [0.25, 0.3) is 0 Å². The number of ether oxygens (including phenoxy) is 2. The van der Waals surface area contributed by atoms with Crippen LogP contribution in [0.2, 0.25) is 0 Å². The fourth-order valence-electron chi connectivity index (χ4n) is 1.54. The number of rotatable bonds is 2. The minimum atomic E-state index is -3.79. The van der Waals surface area contributed by atoms with Gasteiger partial charge in [0.15, 0.2) is 0 Å². The van der Waals surface area contributed by atoms with Gasteiger partial charge in [-0.05, 0) is 6.07 Å². The van der Waals surface area contributed by atoms with Crippen LogP contribution in [0.5, 0.6) is 11.5 Å². The molecule has 0 unspecified atom stereocenters. The van der Waals surface area contributed by atoms with E-state index in [1.54, 1.807) is 6.07 Å². The van der Waals surface area contributed by atoms with E-state index in [1.165, 1.54) is 13.2 Å². The molecule has 0 saturated carbocycles. The first-order valence-electron chi connectivity index (χ1n) is 4.31. The number of hydrogen-bond donors (Lipinski definition) is 0. The zero-order valence-electron chi connectivity index (χ0n) is 7.99. The highest BCUT2D eigenvalue weighted by molar-refractivity contribution is 8.13. The van der Waals surface area contributed by atoms with Crippen molar-refractivity contribution in [1.82, 2.24) is 0 Å². The van der Waals surface area contributed by atoms with Crippen LogP contribution >= 0.6 is 10.7 Å². The first kappa shape index (κ1) is 10.6. The van der Waals surface area contributed by atoms with Crippen molar-refractivity contribution in [3.05, 3.63) is 17.7 Å². The van der Waals surface area contributed by atoms with Crippen LogP contribution in [0.3, 0.4) is 0 Å². The third-order valence-electron chi connectivity index (χ3n) is 2.22. The Balaban J connectivity index is 2.68. The Morgan fingerprint density at radius 3 is 2.80 bits per heavy atom. The average Bonchev–Trinajstić information content (AvgIpc) is 2.61. The molecule has 1 aliphatic heterocycles. The van der Waals surface area contributed by atoms with Gasteiger partial charge < -0.3 is 9.47 Å². The lowest BCUT2D eigenvalue weighted by molar-refractivity contribution is 0.348. The van der Waals surface area contributed by atoms with Gasteiger partial charge in [0.2, 0.25) is 0 Å². The number of methoxy groups -OCH3 is 1. The van der Waals surface area contributed by atoms with E-state index in [0.717, 1.165) is 5.56 Å². The number of hydrogen-bond acceptors (Lipinski definition) is 4. The second kappa shape index (κ2) is 3.57. The summed E-state index contributed by atoms with van der Waals surface area (Å²) < 4.78 is 32.8. The van der Waals surface area contributed by atoms with Gasteiger partial charge in [0, 0.05) is 28.7 Å². The van der Waals surface area contributed by atoms with Crippen LogP contribution in [0.4, 0.5) is 0 Å². The molecule has 0 fully saturated rings. The molecule has 6 heteroatoms. The van der Waals surface area contributed by atoms with Crippen LogP contribution in [0, 0.1) is 0 Å². The number of benzene rings is 1. The van der Waals surface area contributed by atoms with Crippen LogP contribution < -0.4 is 9.47 Å². The highest BCUT2D eigenvalue weighted by Gasteiger charge is 2.25. The molecule has 0 saturated heterocycles. The molecule has 15 heavy (non-hydrogen) atoms. The van der Waals surface area contributed by atoms with Crippen molar-refractivity contribution in [1.29, 1.82) is 0 Å². The second-order valence-corrected chi connectivity index (χ2v) is 5.68. The molecule has 0 bridgehead atoms. The summed E-state index contributed by atoms with van der Waals surface area (Å²) >= 11 is 0. The Bertz CT molecular complexity index is 495. The van der Waals surface area contributed by atoms with Gasteiger partial charge >= 0.3 is 0 Å². The maximum absolute atomic E-state index is 11.3. The van der Waals surface area contributed by atoms with E-state index in [0.29, 0.717) is 24.5 Å². The van der Waals surface area contributed by atoms with E-state index in [1.807, 2.05) is 0 Å². The molecule has 82 valence electrons. The molecule has 0 aliphatic carbocycles. The first-order chi connectivity index (χ1) is 7.02. The third-order valence-corrected chi connectivity index (χ3v) is 3.55. The minimum Gasteiger partial charge on any atom is -0.497 e. The van der Waals surface area contributed by atoms with Gasteiger partial charge in [-0.2, -0.15) is 0 Å². The molecule has 0 atom stereocenters. The molecule has 1 heterocycles. The minimum absolute atomic E-state index is 0.0176. The van der Waals surface area contributed by atoms with Crippen molar-refractivity contribution in [2.45, 2.75) is 11.3 Å². The summed E-state index contributed by atoms with van der Waals surface area (Å²) in [6, 6.07) is 3.13. The Morgan fingerprint density at radius 1 is 1.47 bits per heavy atom. The topological polar surface area (TPSA) is 52.6 Å². The molecule has 0 amide bonds. The van der Waals surface area contributed by atoms with Gasteiger partial charge in [0.05, 0.1) is 13.7 Å². The van der Waals surface area contributed by atoms with Crippen LogP contribution in [0.1, 0.15) is 5.56 Å². The highest BCUT2D eigenvalue weighted by atomic mass is 35.7. The highest BCUT2D eigenvalue weighted by Crippen LogP contribution is 2.37. The van der Waals surface area contributed by atoms with Crippen LogP contribution in [-0.2, 0) is 15.5 Å². The Hall–Kier alpha value is -0.940. The lowest BCUT2D eigenvalue weighted by Gasteiger charge is -2.07. The zero-order chi connectivity index (χ0) is 11.1. The zero-order valence-corrected chi connectivity index (χ0v) is 9.56. The monoisotopic (exact) mass is 248 g/mol. The molecular weight excluding hydrogens is 240 g/mol. The van der Waals surface area contributed by atoms with Crippen molar-refractivity contribution in [2.24, 2.45) is 0 Å². The molecule has 0 radical (unpaired) electrons. The van der Waals surface area contributed by atoms with Gasteiger partial charge in [0.1, 0.15) is 16.4 Å². The van der Waals surface area contributed by atoms with Gasteiger partial charge in [-0.15, -0.1) is 0 Å². The Morgan fingerprint density at radius 2 is 2.20 bits per heavy atom. The van der Waals surface area contributed by atoms with Crippen LogP contribution in [-0.4, -0.2) is 22.1 Å². The third kappa shape index (κ3) is 1.89. The van der Waals surface area contributed by atoms with E-state index in [9.17, 15) is 8.42 Å². The molecule has 4 nitrogen and oxygen atoms in total. The van der Waals surface area contributed by atoms with Crippen LogP contribution in [0.15, 0.2) is 17.0 Å². The van der Waals surface area contributed by atoms with Gasteiger partial charge in [-0.1, -0.05) is 0 Å². The smallest absolute Gasteiger partial charge is 0.265 e. The van der Waals surface area contributed by atoms with E-state index in [2.05, 4.69) is 0 Å². The maximum Gasteiger partial charge on any atom is 0.265 e. The molecule has 0 N–H and O–H groups in total. The predicted octanol–water partition coefficient (Wildman–Crippen LogP) is 1.56. The Labute approximate surface area is 92.2 Å². The van der Waals surface area contributed by atoms with Crippen molar-refractivity contribution >= 4 is 19.7 Å². The fourth-order valence-corrected chi connectivity index (χ4v) is 2.56. The summed E-state index contributed by atoms with van der Waals surface area (Å²) in [5, 5.41) is 0. The second-order valence-electron chi connectivity index (χ2n) is 3.15. The molecule has 1 aliphatic rings. The fraction of sp³-hybridized carbons (Fsp3) is 0.333. The van der Waals surface area contributed by atoms with Crippen molar-refractivity contribution < 1.29 is 17.9 Å². The van der Waals surface area contributed by atoms with E-state index >= 15 is 0 Å². The van der Waals surface area contributed by atoms with Crippen molar-refractivity contribution in [2.75, 3.05) is 13.7 Å². The van der Waals surface area contributed by atoms with E-state index in [-0.39, 0.29) is 4.90 Å². The van der Waals surface area contributed by atoms with E-state index in [4.69, 9.17) is 20.2 Å². The normalized spacial score (nSPS) is 14.5. The summed E-state index contributed by atoms with van der Waals surface area (Å²) in [5.74, 6) is 0.823. The lowest BCUT2D eigenvalue weighted by Crippen LogP contribution is -1.97. The standard InChI is InChI=1S/C9H9ClO4S/c1-13-7-4-6-2-3-14-9(6)8(5-7)15(10,11)12/h4-5H,2-3H2,1H3. The lowest BCUT2D eigenvalue weighted by atomic mass is 10.1. The molecule has 1 aromatic rings. The summed E-state index contributed by atoms with van der Waals surface area (Å²) in [7, 11) is 2.99. The number of fused-ring (bicyclic) bond motifs is 1. The van der Waals surface area contributed by atoms with Crippen molar-refractivity contribution in [3.8, 4) is 11.5 Å². The van der Waals surface area contributed by atoms with Gasteiger partial charge in [-0.3, -0.25) is 0 Å². The van der Waals surface area contributed by atoms with Gasteiger partial charge in [0.25, 0.3) is 9.05 Å². The summed E-state index contributed by atoms with van der Waals surface area (Å²) in [6.07, 6.45) is 0.673. The quantitative estimate of drug-likeness (QED) is 0.746. The molecule has 1 aromatic carbocycles. The summed E-state index contributed by atoms with van der Waals surface area (Å²) in [5.41, 5.74) is 0.813. The SMILES string of the molecule is COc1cc2c(c(S(=O)(=O)Cl)c1)OCC2. The van der Waals surface area contributed by atoms with Gasteiger partial charge in [-0.25, -0.2) is 8.42 Å². The molecular formula is C9H9ClO4S. The molecule has 0 aromatic heterocycles. The Kier molecular flexibility index (Phi) is 2.52. The average molecular weight is 249 g/mol. The van der Waals surface area contributed by atoms with Crippen molar-refractivity contribution in [3.63, 3.8) is 0 Å². The van der Waals surface area contributed by atoms with E-state index < -0.39 is 9.05 Å². The maximum atomic E-state index is 11.3. The summed E-state index contributed by atoms with van der Waals surface area (Å²) in [4.78, 5) is -0.0176. The molecule has 0 spiro atoms.